The number of likely N-dealkylation sites (tertiary alicyclic amines) is 1. The van der Waals surface area contributed by atoms with E-state index in [9.17, 15) is 37.1 Å². The van der Waals surface area contributed by atoms with E-state index in [0.29, 0.717) is 55.8 Å². The lowest BCUT2D eigenvalue weighted by molar-refractivity contribution is -0.124. The van der Waals surface area contributed by atoms with Crippen LogP contribution in [-0.4, -0.2) is 118 Å². The van der Waals surface area contributed by atoms with Gasteiger partial charge in [-0.15, -0.1) is 0 Å². The molecule has 1 amide bonds. The third-order valence-electron chi connectivity index (χ3n) is 14.4. The lowest BCUT2D eigenvalue weighted by Gasteiger charge is -2.36. The SMILES string of the molecule is CC.CCCC(CCC)CN1CCN(Cc2ccc3c(c2)n(C)c(=O)n3C(CCC=O)C(=O)NC)CC1.CNc1cc(=O)n(-c2ccnc(C)c2/C=C(\C)CN2CCC(c3c(F)cc(C(C)=O)cc3F)CC2)cc1F. The van der Waals surface area contributed by atoms with E-state index in [1.165, 1.54) is 60.5 Å². The summed E-state index contributed by atoms with van der Waals surface area (Å²) < 4.78 is 48.2. The molecule has 1 atom stereocenters. The third kappa shape index (κ3) is 15.3. The largest absolute Gasteiger partial charge is 0.386 e. The number of aldehydes is 1. The number of nitrogens with one attached hydrogen (secondary N) is 2. The van der Waals surface area contributed by atoms with Crippen LogP contribution in [0.5, 0.6) is 0 Å². The van der Waals surface area contributed by atoms with E-state index in [4.69, 9.17) is 0 Å². The number of hydrogen-bond acceptors (Lipinski definition) is 10. The molecular weight excluding hydrogens is 960 g/mol. The van der Waals surface area contributed by atoms with Crippen LogP contribution in [0.2, 0.25) is 0 Å². The van der Waals surface area contributed by atoms with Crippen molar-refractivity contribution >= 4 is 40.8 Å². The molecular formula is C58H80F3N9O5. The van der Waals surface area contributed by atoms with E-state index in [-0.39, 0.29) is 52.1 Å². The highest BCUT2D eigenvalue weighted by molar-refractivity contribution is 5.94. The fourth-order valence-electron chi connectivity index (χ4n) is 10.5. The van der Waals surface area contributed by atoms with Crippen molar-refractivity contribution < 1.29 is 27.6 Å². The molecule has 2 aliphatic heterocycles. The molecule has 2 N–H and O–H groups in total. The summed E-state index contributed by atoms with van der Waals surface area (Å²) in [5.41, 5.74) is 5.27. The molecule has 3 aromatic heterocycles. The minimum Gasteiger partial charge on any atom is -0.386 e. The van der Waals surface area contributed by atoms with Gasteiger partial charge in [0.1, 0.15) is 24.0 Å². The van der Waals surface area contributed by atoms with Crippen molar-refractivity contribution in [3.8, 4) is 5.69 Å². The zero-order valence-electron chi connectivity index (χ0n) is 45.9. The highest BCUT2D eigenvalue weighted by atomic mass is 19.1. The maximum Gasteiger partial charge on any atom is 0.329 e. The number of halogens is 3. The zero-order valence-corrected chi connectivity index (χ0v) is 45.9. The highest BCUT2D eigenvalue weighted by Gasteiger charge is 2.28. The number of aryl methyl sites for hydroxylation is 2. The predicted molar refractivity (Wildman–Crippen MR) is 294 cm³/mol. The van der Waals surface area contributed by atoms with E-state index in [1.54, 1.807) is 38.0 Å². The summed E-state index contributed by atoms with van der Waals surface area (Å²) in [6.45, 7) is 21.9. The molecule has 2 saturated heterocycles. The molecule has 7 rings (SSSR count). The van der Waals surface area contributed by atoms with Crippen molar-refractivity contribution in [3.05, 3.63) is 127 Å². The van der Waals surface area contributed by atoms with Crippen molar-refractivity contribution in [1.29, 1.82) is 0 Å². The lowest BCUT2D eigenvalue weighted by atomic mass is 9.87. The van der Waals surface area contributed by atoms with E-state index in [1.807, 2.05) is 39.8 Å². The van der Waals surface area contributed by atoms with Crippen molar-refractivity contribution in [3.63, 3.8) is 0 Å². The van der Waals surface area contributed by atoms with Gasteiger partial charge in [-0.3, -0.25) is 42.9 Å². The Morgan fingerprint density at radius 1 is 0.827 bits per heavy atom. The van der Waals surface area contributed by atoms with Crippen LogP contribution < -0.4 is 21.9 Å². The number of carbonyl (C=O) groups is 3. The van der Waals surface area contributed by atoms with E-state index < -0.39 is 23.5 Å². The molecule has 0 saturated carbocycles. The number of Topliss-reactive ketones (excluding diaryl/α,β-unsaturated/α-hetero) is 1. The number of benzene rings is 2. The smallest absolute Gasteiger partial charge is 0.329 e. The Kier molecular flexibility index (Phi) is 22.8. The average molecular weight is 1040 g/mol. The maximum atomic E-state index is 14.6. The fraction of sp³-hybridized carbons (Fsp3) is 0.517. The first-order valence-electron chi connectivity index (χ1n) is 26.8. The van der Waals surface area contributed by atoms with Gasteiger partial charge in [0, 0.05) is 108 Å². The molecule has 1 unspecified atom stereocenters. The number of pyridine rings is 2. The molecule has 5 aromatic rings. The van der Waals surface area contributed by atoms with Crippen molar-refractivity contribution in [1.82, 2.24) is 38.7 Å². The number of rotatable bonds is 20. The Morgan fingerprint density at radius 3 is 2.05 bits per heavy atom. The van der Waals surface area contributed by atoms with Crippen LogP contribution in [0.15, 0.2) is 70.0 Å². The number of aromatic nitrogens is 4. The molecule has 0 aliphatic carbocycles. The predicted octanol–water partition coefficient (Wildman–Crippen LogP) is 9.45. The van der Waals surface area contributed by atoms with Crippen LogP contribution in [0.1, 0.15) is 138 Å². The van der Waals surface area contributed by atoms with Gasteiger partial charge >= 0.3 is 5.69 Å². The van der Waals surface area contributed by atoms with E-state index >= 15 is 0 Å². The number of amides is 1. The first-order chi connectivity index (χ1) is 36.0. The Morgan fingerprint density at radius 2 is 1.47 bits per heavy atom. The summed E-state index contributed by atoms with van der Waals surface area (Å²) >= 11 is 0. The van der Waals surface area contributed by atoms with Crippen LogP contribution in [0, 0.1) is 30.3 Å². The Bertz CT molecular complexity index is 2850. The van der Waals surface area contributed by atoms with Gasteiger partial charge in [-0.25, -0.2) is 18.0 Å². The molecule has 0 radical (unpaired) electrons. The van der Waals surface area contributed by atoms with Gasteiger partial charge in [0.25, 0.3) is 5.56 Å². The number of imidazole rings is 1. The first-order valence-corrected chi connectivity index (χ1v) is 26.8. The number of ketones is 1. The van der Waals surface area contributed by atoms with Crippen molar-refractivity contribution in [2.75, 3.05) is 71.8 Å². The van der Waals surface area contributed by atoms with Crippen LogP contribution >= 0.6 is 0 Å². The summed E-state index contributed by atoms with van der Waals surface area (Å²) in [6.07, 6.45) is 12.3. The molecule has 2 aromatic carbocycles. The lowest BCUT2D eigenvalue weighted by Crippen LogP contribution is -2.47. The summed E-state index contributed by atoms with van der Waals surface area (Å²) in [6, 6.07) is 10.5. The van der Waals surface area contributed by atoms with Crippen LogP contribution in [0.25, 0.3) is 22.8 Å². The number of anilines is 1. The second kappa shape index (κ2) is 28.7. The highest BCUT2D eigenvalue weighted by Crippen LogP contribution is 2.33. The number of nitrogens with zero attached hydrogens (tertiary/aromatic N) is 7. The minimum atomic E-state index is -0.704. The van der Waals surface area contributed by atoms with Gasteiger partial charge in [0.2, 0.25) is 5.91 Å². The Labute approximate surface area is 441 Å². The topological polar surface area (TPSA) is 147 Å². The molecule has 17 heteroatoms. The van der Waals surface area contributed by atoms with Gasteiger partial charge in [-0.2, -0.15) is 0 Å². The Hall–Kier alpha value is -6.17. The molecule has 2 fully saturated rings. The maximum absolute atomic E-state index is 14.6. The molecule has 0 bridgehead atoms. The normalized spacial score (nSPS) is 15.3. The quantitative estimate of drug-likeness (QED) is 0.0571. The molecule has 5 heterocycles. The third-order valence-corrected chi connectivity index (χ3v) is 14.4. The van der Waals surface area contributed by atoms with Gasteiger partial charge in [0.05, 0.1) is 28.6 Å². The van der Waals surface area contributed by atoms with E-state index in [2.05, 4.69) is 56.3 Å². The summed E-state index contributed by atoms with van der Waals surface area (Å²) in [5.74, 6) is -1.95. The van der Waals surface area contributed by atoms with Crippen molar-refractivity contribution in [2.24, 2.45) is 13.0 Å². The first kappa shape index (κ1) is 59.7. The molecule has 2 aliphatic rings. The summed E-state index contributed by atoms with van der Waals surface area (Å²) in [4.78, 5) is 72.4. The van der Waals surface area contributed by atoms with Gasteiger partial charge in [-0.1, -0.05) is 58.3 Å². The van der Waals surface area contributed by atoms with Crippen LogP contribution in [-0.2, 0) is 23.2 Å². The zero-order chi connectivity index (χ0) is 54.9. The van der Waals surface area contributed by atoms with Crippen LogP contribution in [0.3, 0.4) is 0 Å². The van der Waals surface area contributed by atoms with Gasteiger partial charge < -0.3 is 20.3 Å². The monoisotopic (exact) mass is 1040 g/mol. The van der Waals surface area contributed by atoms with E-state index in [0.717, 1.165) is 79.2 Å². The number of fused-ring (bicyclic) bond motifs is 1. The second-order valence-corrected chi connectivity index (χ2v) is 19.7. The fourth-order valence-corrected chi connectivity index (χ4v) is 10.5. The summed E-state index contributed by atoms with van der Waals surface area (Å²) in [7, 11) is 4.85. The number of carbonyl (C=O) groups excluding carboxylic acids is 3. The minimum absolute atomic E-state index is 0.0370. The molecule has 75 heavy (non-hydrogen) atoms. The molecule has 408 valence electrons. The van der Waals surface area contributed by atoms with Gasteiger partial charge in [-0.05, 0) is 114 Å². The van der Waals surface area contributed by atoms with Crippen molar-refractivity contribution in [2.45, 2.75) is 118 Å². The van der Waals surface area contributed by atoms with Crippen LogP contribution in [0.4, 0.5) is 18.9 Å². The number of hydrogen-bond donors (Lipinski definition) is 2. The number of piperazine rings is 1. The number of piperidine rings is 1. The molecule has 14 nitrogen and oxygen atoms in total. The summed E-state index contributed by atoms with van der Waals surface area (Å²) in [5, 5.41) is 5.31. The average Bonchev–Trinajstić information content (AvgIpc) is 3.64. The standard InChI is InChI=1S/C29H31F3N4O2.C27H43N5O3.C2H6/c1-17(11-22-18(2)34-8-5-27(22)36-16-25(32)26(33-4)14-28(36)38)15-35-9-6-20(7-10-35)29-23(30)12-21(19(3)37)13-24(29)31;1-5-8-21(9-6-2)19-30-13-15-31(16-14-30)20-22-11-12-23-25(18-22)29(4)27(35)32(23)24(10-7-17-33)26(34)28-3;1-2/h5,8,11-14,16,20,33H,6-7,9-10,15H2,1-4H3;11-12,17-18,21,24H,5-10,13-16,19-20H2,1-4H3,(H,28,34);1-2H3/b17-11+;;. The number of likely N-dealkylation sites (N-methyl/N-ethyl adjacent to an activating group) is 1. The second-order valence-electron chi connectivity index (χ2n) is 19.7. The van der Waals surface area contributed by atoms with Gasteiger partial charge in [0.15, 0.2) is 11.6 Å². The molecule has 0 spiro atoms. The Balaban J connectivity index is 0.000000269.